The molecule has 0 radical (unpaired) electrons. The lowest BCUT2D eigenvalue weighted by Crippen LogP contribution is -2.42. The fraction of sp³-hybridized carbons (Fsp3) is 1.00. The van der Waals surface area contributed by atoms with Gasteiger partial charge in [-0.25, -0.2) is 0 Å². The van der Waals surface area contributed by atoms with Gasteiger partial charge in [-0.05, 0) is 32.9 Å². The zero-order chi connectivity index (χ0) is 12.0. The topological polar surface area (TPSA) is 15.3 Å². The van der Waals surface area contributed by atoms with E-state index in [1.165, 1.54) is 19.3 Å². The molecule has 1 heterocycles. The molecule has 1 atom stereocenters. The number of hydrogen-bond acceptors (Lipinski definition) is 2. The van der Waals surface area contributed by atoms with E-state index >= 15 is 0 Å². The molecule has 0 aromatic rings. The standard InChI is InChI=1S/C11H21F3N2/c1-10(15-6-5-11(12,13)14)9-16-7-3-2-4-8-16/h10,15H,2-9H2,1H3. The van der Waals surface area contributed by atoms with Crippen molar-refractivity contribution in [1.82, 2.24) is 10.2 Å². The average molecular weight is 238 g/mol. The van der Waals surface area contributed by atoms with Gasteiger partial charge in [0.25, 0.3) is 0 Å². The molecule has 16 heavy (non-hydrogen) atoms. The van der Waals surface area contributed by atoms with E-state index in [0.717, 1.165) is 19.6 Å². The van der Waals surface area contributed by atoms with Crippen molar-refractivity contribution in [3.63, 3.8) is 0 Å². The molecule has 0 aliphatic carbocycles. The van der Waals surface area contributed by atoms with E-state index in [1.807, 2.05) is 6.92 Å². The molecule has 96 valence electrons. The van der Waals surface area contributed by atoms with Gasteiger partial charge in [0.1, 0.15) is 0 Å². The lowest BCUT2D eigenvalue weighted by Gasteiger charge is -2.29. The van der Waals surface area contributed by atoms with Gasteiger partial charge in [0.15, 0.2) is 0 Å². The Morgan fingerprint density at radius 2 is 1.81 bits per heavy atom. The predicted octanol–water partition coefficient (Wildman–Crippen LogP) is 2.40. The van der Waals surface area contributed by atoms with E-state index in [0.29, 0.717) is 0 Å². The fourth-order valence-electron chi connectivity index (χ4n) is 2.05. The molecule has 0 saturated carbocycles. The van der Waals surface area contributed by atoms with Crippen LogP contribution in [0.25, 0.3) is 0 Å². The van der Waals surface area contributed by atoms with Gasteiger partial charge in [-0.3, -0.25) is 0 Å². The van der Waals surface area contributed by atoms with Gasteiger partial charge in [0.2, 0.25) is 0 Å². The summed E-state index contributed by atoms with van der Waals surface area (Å²) in [6.45, 7) is 5.01. The molecule has 1 fully saturated rings. The van der Waals surface area contributed by atoms with Crippen molar-refractivity contribution in [2.75, 3.05) is 26.2 Å². The molecule has 1 rings (SSSR count). The maximum absolute atomic E-state index is 11.9. The zero-order valence-electron chi connectivity index (χ0n) is 9.82. The highest BCUT2D eigenvalue weighted by Crippen LogP contribution is 2.18. The molecule has 1 saturated heterocycles. The predicted molar refractivity (Wildman–Crippen MR) is 58.4 cm³/mol. The third kappa shape index (κ3) is 6.33. The maximum Gasteiger partial charge on any atom is 0.390 e. The number of nitrogens with zero attached hydrogens (tertiary/aromatic N) is 1. The molecule has 1 aliphatic heterocycles. The highest BCUT2D eigenvalue weighted by Gasteiger charge is 2.26. The molecule has 5 heteroatoms. The van der Waals surface area contributed by atoms with Crippen LogP contribution in [-0.4, -0.2) is 43.3 Å². The number of hydrogen-bond donors (Lipinski definition) is 1. The van der Waals surface area contributed by atoms with Crippen LogP contribution >= 0.6 is 0 Å². The highest BCUT2D eigenvalue weighted by molar-refractivity contribution is 4.71. The van der Waals surface area contributed by atoms with Crippen molar-refractivity contribution in [2.45, 2.75) is 44.8 Å². The maximum atomic E-state index is 11.9. The Morgan fingerprint density at radius 1 is 1.19 bits per heavy atom. The van der Waals surface area contributed by atoms with Crippen LogP contribution in [0.4, 0.5) is 13.2 Å². The van der Waals surface area contributed by atoms with Gasteiger partial charge >= 0.3 is 6.18 Å². The summed E-state index contributed by atoms with van der Waals surface area (Å²) in [5.74, 6) is 0. The molecule has 0 aromatic carbocycles. The Hall–Kier alpha value is -0.290. The lowest BCUT2D eigenvalue weighted by atomic mass is 10.1. The number of alkyl halides is 3. The number of nitrogens with one attached hydrogen (secondary N) is 1. The first-order chi connectivity index (χ1) is 7.47. The van der Waals surface area contributed by atoms with Crippen molar-refractivity contribution < 1.29 is 13.2 Å². The Labute approximate surface area is 95.2 Å². The second kappa shape index (κ2) is 6.45. The quantitative estimate of drug-likeness (QED) is 0.791. The molecule has 0 bridgehead atoms. The Morgan fingerprint density at radius 3 is 2.38 bits per heavy atom. The van der Waals surface area contributed by atoms with Crippen molar-refractivity contribution in [2.24, 2.45) is 0 Å². The molecule has 2 nitrogen and oxygen atoms in total. The Bertz CT molecular complexity index is 188. The largest absolute Gasteiger partial charge is 0.390 e. The van der Waals surface area contributed by atoms with Crippen LogP contribution in [0.5, 0.6) is 0 Å². The summed E-state index contributed by atoms with van der Waals surface area (Å²) in [7, 11) is 0. The third-order valence-corrected chi connectivity index (χ3v) is 2.88. The van der Waals surface area contributed by atoms with Gasteiger partial charge in [-0.1, -0.05) is 6.42 Å². The minimum atomic E-state index is -4.04. The summed E-state index contributed by atoms with van der Waals surface area (Å²) in [5.41, 5.74) is 0. The molecule has 1 N–H and O–H groups in total. The molecule has 1 aliphatic rings. The van der Waals surface area contributed by atoms with Gasteiger partial charge in [0, 0.05) is 19.1 Å². The summed E-state index contributed by atoms with van der Waals surface area (Å²) in [4.78, 5) is 2.33. The van der Waals surface area contributed by atoms with Gasteiger partial charge in [-0.2, -0.15) is 13.2 Å². The summed E-state index contributed by atoms with van der Waals surface area (Å²) in [5, 5.41) is 2.92. The second-order valence-electron chi connectivity index (χ2n) is 4.58. The molecular formula is C11H21F3N2. The average Bonchev–Trinajstić information content (AvgIpc) is 2.17. The van der Waals surface area contributed by atoms with Crippen molar-refractivity contribution in [1.29, 1.82) is 0 Å². The van der Waals surface area contributed by atoms with Gasteiger partial charge < -0.3 is 10.2 Å². The van der Waals surface area contributed by atoms with Crippen molar-refractivity contribution >= 4 is 0 Å². The van der Waals surface area contributed by atoms with Crippen LogP contribution in [0.2, 0.25) is 0 Å². The van der Waals surface area contributed by atoms with Gasteiger partial charge in [0.05, 0.1) is 6.42 Å². The first-order valence-corrected chi connectivity index (χ1v) is 6.00. The zero-order valence-corrected chi connectivity index (χ0v) is 9.82. The van der Waals surface area contributed by atoms with E-state index in [-0.39, 0.29) is 12.6 Å². The molecular weight excluding hydrogens is 217 g/mol. The second-order valence-corrected chi connectivity index (χ2v) is 4.58. The normalized spacial score (nSPS) is 21.0. The van der Waals surface area contributed by atoms with Crippen LogP contribution in [0.1, 0.15) is 32.6 Å². The van der Waals surface area contributed by atoms with Gasteiger partial charge in [-0.15, -0.1) is 0 Å². The smallest absolute Gasteiger partial charge is 0.313 e. The van der Waals surface area contributed by atoms with Crippen LogP contribution < -0.4 is 5.32 Å². The van der Waals surface area contributed by atoms with Crippen LogP contribution in [0.15, 0.2) is 0 Å². The summed E-state index contributed by atoms with van der Waals surface area (Å²) < 4.78 is 35.7. The molecule has 0 spiro atoms. The van der Waals surface area contributed by atoms with E-state index in [2.05, 4.69) is 10.2 Å². The van der Waals surface area contributed by atoms with Crippen molar-refractivity contribution in [3.05, 3.63) is 0 Å². The van der Waals surface area contributed by atoms with Crippen molar-refractivity contribution in [3.8, 4) is 0 Å². The highest BCUT2D eigenvalue weighted by atomic mass is 19.4. The van der Waals surface area contributed by atoms with Crippen LogP contribution in [0.3, 0.4) is 0 Å². The van der Waals surface area contributed by atoms with Crippen LogP contribution in [-0.2, 0) is 0 Å². The molecule has 0 aromatic heterocycles. The molecule has 0 amide bonds. The summed E-state index contributed by atoms with van der Waals surface area (Å²) in [6, 6.07) is 0.139. The van der Waals surface area contributed by atoms with Crippen LogP contribution in [0, 0.1) is 0 Å². The summed E-state index contributed by atoms with van der Waals surface area (Å²) in [6.07, 6.45) is -1.06. The lowest BCUT2D eigenvalue weighted by molar-refractivity contribution is -0.133. The first-order valence-electron chi connectivity index (χ1n) is 6.00. The number of halogens is 3. The Balaban J connectivity index is 2.08. The minimum Gasteiger partial charge on any atom is -0.313 e. The Kier molecular flexibility index (Phi) is 5.55. The number of likely N-dealkylation sites (tertiary alicyclic amines) is 1. The monoisotopic (exact) mass is 238 g/mol. The summed E-state index contributed by atoms with van der Waals surface area (Å²) >= 11 is 0. The first kappa shape index (κ1) is 13.8. The number of rotatable bonds is 5. The van der Waals surface area contributed by atoms with E-state index < -0.39 is 12.6 Å². The SMILES string of the molecule is CC(CN1CCCCC1)NCCC(F)(F)F. The molecule has 1 unspecified atom stereocenters. The van der Waals surface area contributed by atoms with E-state index in [4.69, 9.17) is 0 Å². The van der Waals surface area contributed by atoms with E-state index in [9.17, 15) is 13.2 Å². The minimum absolute atomic E-state index is 0.0263. The number of piperidine rings is 1. The third-order valence-electron chi connectivity index (χ3n) is 2.88. The van der Waals surface area contributed by atoms with E-state index in [1.54, 1.807) is 0 Å². The fourth-order valence-corrected chi connectivity index (χ4v) is 2.05.